The second kappa shape index (κ2) is 6.01. The van der Waals surface area contributed by atoms with Crippen LogP contribution in [0.5, 0.6) is 0 Å². The van der Waals surface area contributed by atoms with Crippen molar-refractivity contribution in [1.29, 1.82) is 0 Å². The molecule has 7 nitrogen and oxygen atoms in total. The van der Waals surface area contributed by atoms with Crippen molar-refractivity contribution in [2.75, 3.05) is 12.8 Å². The molecule has 1 N–H and O–H groups in total. The predicted molar refractivity (Wildman–Crippen MR) is 87.2 cm³/mol. The zero-order valence-electron chi connectivity index (χ0n) is 13.6. The van der Waals surface area contributed by atoms with Crippen LogP contribution >= 0.6 is 0 Å². The van der Waals surface area contributed by atoms with Gasteiger partial charge in [-0.2, -0.15) is 4.31 Å². The number of imidazole rings is 1. The van der Waals surface area contributed by atoms with Crippen molar-refractivity contribution in [3.05, 3.63) is 29.5 Å². The van der Waals surface area contributed by atoms with E-state index in [-0.39, 0.29) is 6.04 Å². The standard InChI is InChI=1S/C15H21N5O2S/c1-10-8-12(14-16-9-11(2)18-14)19-15(17-10)13-6-4-5-7-20(13)23(3,21)22/h8-9,13H,4-7H2,1-3H3,(H,16,18). The van der Waals surface area contributed by atoms with Gasteiger partial charge >= 0.3 is 0 Å². The van der Waals surface area contributed by atoms with E-state index < -0.39 is 10.0 Å². The second-order valence-electron chi connectivity index (χ2n) is 6.05. The van der Waals surface area contributed by atoms with E-state index in [1.54, 1.807) is 6.20 Å². The number of H-pyrrole nitrogens is 1. The van der Waals surface area contributed by atoms with E-state index in [4.69, 9.17) is 0 Å². The summed E-state index contributed by atoms with van der Waals surface area (Å²) in [6, 6.07) is 1.56. The SMILES string of the molecule is Cc1cc(-c2ncc(C)[nH]2)nc(C2CCCCN2S(C)(=O)=O)n1. The van der Waals surface area contributed by atoms with Crippen molar-refractivity contribution in [1.82, 2.24) is 24.2 Å². The molecule has 8 heteroatoms. The van der Waals surface area contributed by atoms with Crippen LogP contribution in [0.2, 0.25) is 0 Å². The molecule has 1 saturated heterocycles. The molecule has 1 aliphatic rings. The van der Waals surface area contributed by atoms with Crippen LogP contribution < -0.4 is 0 Å². The largest absolute Gasteiger partial charge is 0.341 e. The molecular formula is C15H21N5O2S. The minimum atomic E-state index is -3.28. The molecular weight excluding hydrogens is 314 g/mol. The minimum Gasteiger partial charge on any atom is -0.341 e. The number of hydrogen-bond acceptors (Lipinski definition) is 5. The number of sulfonamides is 1. The Kier molecular flexibility index (Phi) is 4.20. The van der Waals surface area contributed by atoms with Crippen LogP contribution in [-0.4, -0.2) is 45.5 Å². The molecule has 0 bridgehead atoms. The Hall–Kier alpha value is -1.80. The van der Waals surface area contributed by atoms with Gasteiger partial charge in [0.25, 0.3) is 0 Å². The third kappa shape index (κ3) is 3.42. The van der Waals surface area contributed by atoms with Crippen LogP contribution in [0, 0.1) is 13.8 Å². The van der Waals surface area contributed by atoms with Gasteiger partial charge in [-0.3, -0.25) is 0 Å². The highest BCUT2D eigenvalue weighted by Crippen LogP contribution is 2.31. The lowest BCUT2D eigenvalue weighted by Gasteiger charge is -2.32. The highest BCUT2D eigenvalue weighted by atomic mass is 32.2. The quantitative estimate of drug-likeness (QED) is 0.926. The Morgan fingerprint density at radius 3 is 2.70 bits per heavy atom. The maximum Gasteiger partial charge on any atom is 0.211 e. The number of aryl methyl sites for hydroxylation is 2. The Balaban J connectivity index is 2.03. The molecule has 1 fully saturated rings. The van der Waals surface area contributed by atoms with E-state index in [1.807, 2.05) is 19.9 Å². The van der Waals surface area contributed by atoms with Gasteiger partial charge in [0.2, 0.25) is 10.0 Å². The summed E-state index contributed by atoms with van der Waals surface area (Å²) in [5.74, 6) is 1.23. The molecule has 0 radical (unpaired) electrons. The summed E-state index contributed by atoms with van der Waals surface area (Å²) in [6.07, 6.45) is 5.59. The van der Waals surface area contributed by atoms with E-state index in [2.05, 4.69) is 19.9 Å². The molecule has 1 atom stereocenters. The minimum absolute atomic E-state index is 0.298. The van der Waals surface area contributed by atoms with Crippen molar-refractivity contribution in [3.8, 4) is 11.5 Å². The summed E-state index contributed by atoms with van der Waals surface area (Å²) < 4.78 is 25.6. The van der Waals surface area contributed by atoms with Gasteiger partial charge < -0.3 is 4.98 Å². The number of piperidine rings is 1. The van der Waals surface area contributed by atoms with Crippen molar-refractivity contribution < 1.29 is 8.42 Å². The zero-order chi connectivity index (χ0) is 16.6. The monoisotopic (exact) mass is 335 g/mol. The number of aromatic amines is 1. The van der Waals surface area contributed by atoms with Crippen molar-refractivity contribution in [3.63, 3.8) is 0 Å². The fourth-order valence-electron chi connectivity index (χ4n) is 2.96. The number of nitrogens with one attached hydrogen (secondary N) is 1. The molecule has 1 unspecified atom stereocenters. The molecule has 3 heterocycles. The van der Waals surface area contributed by atoms with Crippen molar-refractivity contribution >= 4 is 10.0 Å². The first-order chi connectivity index (χ1) is 10.8. The Bertz CT molecular complexity index is 815. The third-order valence-electron chi connectivity index (χ3n) is 3.99. The normalized spacial score (nSPS) is 19.9. The molecule has 2 aromatic heterocycles. The lowest BCUT2D eigenvalue weighted by atomic mass is 10.0. The number of aromatic nitrogens is 4. The molecule has 124 valence electrons. The average molecular weight is 335 g/mol. The number of hydrogen-bond donors (Lipinski definition) is 1. The average Bonchev–Trinajstić information content (AvgIpc) is 2.92. The highest BCUT2D eigenvalue weighted by molar-refractivity contribution is 7.88. The molecule has 0 saturated carbocycles. The molecule has 0 aromatic carbocycles. The maximum absolute atomic E-state index is 12.1. The van der Waals surface area contributed by atoms with Gasteiger partial charge in [-0.15, -0.1) is 0 Å². The van der Waals surface area contributed by atoms with E-state index >= 15 is 0 Å². The van der Waals surface area contributed by atoms with E-state index in [0.717, 1.165) is 30.7 Å². The fourth-order valence-corrected chi connectivity index (χ4v) is 4.09. The molecule has 3 rings (SSSR count). The first-order valence-electron chi connectivity index (χ1n) is 7.69. The van der Waals surface area contributed by atoms with Crippen LogP contribution in [0.3, 0.4) is 0 Å². The summed E-state index contributed by atoms with van der Waals surface area (Å²) in [7, 11) is -3.28. The summed E-state index contributed by atoms with van der Waals surface area (Å²) >= 11 is 0. The zero-order valence-corrected chi connectivity index (χ0v) is 14.4. The lowest BCUT2D eigenvalue weighted by molar-refractivity contribution is 0.248. The number of nitrogens with zero attached hydrogens (tertiary/aromatic N) is 4. The molecule has 0 aliphatic carbocycles. The topological polar surface area (TPSA) is 91.8 Å². The number of rotatable bonds is 3. The van der Waals surface area contributed by atoms with Crippen LogP contribution in [0.15, 0.2) is 12.3 Å². The third-order valence-corrected chi connectivity index (χ3v) is 5.28. The highest BCUT2D eigenvalue weighted by Gasteiger charge is 2.32. The van der Waals surface area contributed by atoms with Crippen LogP contribution in [0.4, 0.5) is 0 Å². The van der Waals surface area contributed by atoms with Crippen LogP contribution in [0.25, 0.3) is 11.5 Å². The summed E-state index contributed by atoms with van der Waals surface area (Å²) in [5, 5.41) is 0. The van der Waals surface area contributed by atoms with Gasteiger partial charge in [0.15, 0.2) is 5.82 Å². The Labute approximate surface area is 136 Å². The maximum atomic E-state index is 12.1. The summed E-state index contributed by atoms with van der Waals surface area (Å²) in [5.41, 5.74) is 2.45. The van der Waals surface area contributed by atoms with E-state index in [0.29, 0.717) is 23.9 Å². The molecule has 0 amide bonds. The van der Waals surface area contributed by atoms with Crippen molar-refractivity contribution in [2.24, 2.45) is 0 Å². The first-order valence-corrected chi connectivity index (χ1v) is 9.54. The van der Waals surface area contributed by atoms with E-state index in [1.165, 1.54) is 10.6 Å². The summed E-state index contributed by atoms with van der Waals surface area (Å²) in [6.45, 7) is 4.34. The van der Waals surface area contributed by atoms with Gasteiger partial charge in [-0.05, 0) is 32.8 Å². The first kappa shape index (κ1) is 16.1. The predicted octanol–water partition coefficient (Wildman–Crippen LogP) is 1.97. The Morgan fingerprint density at radius 1 is 1.26 bits per heavy atom. The summed E-state index contributed by atoms with van der Waals surface area (Å²) in [4.78, 5) is 16.5. The van der Waals surface area contributed by atoms with Gasteiger partial charge in [-0.25, -0.2) is 23.4 Å². The van der Waals surface area contributed by atoms with Gasteiger partial charge in [0.05, 0.1) is 12.3 Å². The molecule has 0 spiro atoms. The molecule has 1 aliphatic heterocycles. The van der Waals surface area contributed by atoms with Crippen molar-refractivity contribution in [2.45, 2.75) is 39.2 Å². The van der Waals surface area contributed by atoms with Gasteiger partial charge in [-0.1, -0.05) is 6.42 Å². The fraction of sp³-hybridized carbons (Fsp3) is 0.533. The lowest BCUT2D eigenvalue weighted by Crippen LogP contribution is -2.38. The van der Waals surface area contributed by atoms with E-state index in [9.17, 15) is 8.42 Å². The Morgan fingerprint density at radius 2 is 2.04 bits per heavy atom. The van der Waals surface area contributed by atoms with Gasteiger partial charge in [0.1, 0.15) is 11.5 Å². The van der Waals surface area contributed by atoms with Gasteiger partial charge in [0, 0.05) is 24.1 Å². The van der Waals surface area contributed by atoms with Crippen LogP contribution in [-0.2, 0) is 10.0 Å². The second-order valence-corrected chi connectivity index (χ2v) is 7.99. The molecule has 23 heavy (non-hydrogen) atoms. The van der Waals surface area contributed by atoms with Crippen LogP contribution in [0.1, 0.15) is 42.5 Å². The molecule has 2 aromatic rings. The smallest absolute Gasteiger partial charge is 0.211 e.